The molecule has 0 aromatic heterocycles. The Morgan fingerprint density at radius 3 is 2.41 bits per heavy atom. The maximum absolute atomic E-state index is 12.5. The molecule has 0 saturated carbocycles. The maximum atomic E-state index is 12.5. The Bertz CT molecular complexity index is 832. The first-order chi connectivity index (χ1) is 12.9. The maximum Gasteiger partial charge on any atom is 0.253 e. The van der Waals surface area contributed by atoms with E-state index in [1.165, 1.54) is 0 Å². The summed E-state index contributed by atoms with van der Waals surface area (Å²) in [7, 11) is 0. The van der Waals surface area contributed by atoms with E-state index in [4.69, 9.17) is 12.2 Å². The van der Waals surface area contributed by atoms with E-state index in [0.717, 1.165) is 11.1 Å². The van der Waals surface area contributed by atoms with E-state index in [1.54, 1.807) is 29.2 Å². The molecular weight excluding hydrogens is 358 g/mol. The zero-order chi connectivity index (χ0) is 19.8. The molecule has 27 heavy (non-hydrogen) atoms. The molecule has 0 bridgehead atoms. The zero-order valence-electron chi connectivity index (χ0n) is 15.9. The summed E-state index contributed by atoms with van der Waals surface area (Å²) < 4.78 is 0. The molecule has 142 valence electrons. The number of hydrogen-bond donors (Lipinski definition) is 2. The Morgan fingerprint density at radius 2 is 1.74 bits per heavy atom. The van der Waals surface area contributed by atoms with Crippen molar-refractivity contribution in [3.8, 4) is 0 Å². The van der Waals surface area contributed by atoms with Gasteiger partial charge in [-0.3, -0.25) is 9.59 Å². The largest absolute Gasteiger partial charge is 0.339 e. The van der Waals surface area contributed by atoms with Crippen LogP contribution in [0, 0.1) is 6.92 Å². The van der Waals surface area contributed by atoms with Crippen LogP contribution in [-0.2, 0) is 11.2 Å². The van der Waals surface area contributed by atoms with Gasteiger partial charge in [-0.05, 0) is 62.3 Å². The Kier molecular flexibility index (Phi) is 7.49. The topological polar surface area (TPSA) is 61.4 Å². The summed E-state index contributed by atoms with van der Waals surface area (Å²) in [6.45, 7) is 7.17. The molecule has 5 nitrogen and oxygen atoms in total. The summed E-state index contributed by atoms with van der Waals surface area (Å²) in [6.07, 6.45) is 0.259. The van der Waals surface area contributed by atoms with Gasteiger partial charge < -0.3 is 15.5 Å². The van der Waals surface area contributed by atoms with Crippen LogP contribution in [0.3, 0.4) is 0 Å². The van der Waals surface area contributed by atoms with Crippen molar-refractivity contribution < 1.29 is 9.59 Å². The van der Waals surface area contributed by atoms with Crippen LogP contribution in [0.5, 0.6) is 0 Å². The normalized spacial score (nSPS) is 10.2. The number of anilines is 1. The fraction of sp³-hybridized carbons (Fsp3) is 0.286. The highest BCUT2D eigenvalue weighted by Gasteiger charge is 2.13. The van der Waals surface area contributed by atoms with E-state index in [-0.39, 0.29) is 23.3 Å². The predicted molar refractivity (Wildman–Crippen MR) is 113 cm³/mol. The number of benzene rings is 2. The number of carbonyl (C=O) groups excluding carboxylic acids is 2. The molecule has 0 aliphatic heterocycles. The average molecular weight is 384 g/mol. The molecule has 2 amide bonds. The van der Waals surface area contributed by atoms with Gasteiger partial charge in [0.25, 0.3) is 5.91 Å². The molecule has 0 aliphatic carbocycles. The Balaban J connectivity index is 1.97. The van der Waals surface area contributed by atoms with Crippen LogP contribution in [0.15, 0.2) is 48.5 Å². The SMILES string of the molecule is CCN(CC)C(=O)c1cccc(NC(=S)NC(=O)Cc2ccccc2C)c1. The van der Waals surface area contributed by atoms with Crippen molar-refractivity contribution in [2.24, 2.45) is 0 Å². The summed E-state index contributed by atoms with van der Waals surface area (Å²) in [5.41, 5.74) is 3.27. The summed E-state index contributed by atoms with van der Waals surface area (Å²) >= 11 is 5.23. The van der Waals surface area contributed by atoms with Crippen LogP contribution in [0.1, 0.15) is 35.3 Å². The molecule has 0 spiro atoms. The minimum Gasteiger partial charge on any atom is -0.339 e. The molecule has 2 N–H and O–H groups in total. The number of aryl methyl sites for hydroxylation is 1. The molecule has 0 heterocycles. The highest BCUT2D eigenvalue weighted by Crippen LogP contribution is 2.13. The van der Waals surface area contributed by atoms with Crippen molar-refractivity contribution in [3.63, 3.8) is 0 Å². The lowest BCUT2D eigenvalue weighted by atomic mass is 10.1. The van der Waals surface area contributed by atoms with Crippen LogP contribution in [0.2, 0.25) is 0 Å². The van der Waals surface area contributed by atoms with E-state index >= 15 is 0 Å². The van der Waals surface area contributed by atoms with Gasteiger partial charge in [0.05, 0.1) is 6.42 Å². The summed E-state index contributed by atoms with van der Waals surface area (Å²) in [5.74, 6) is -0.213. The third-order valence-corrected chi connectivity index (χ3v) is 4.49. The predicted octanol–water partition coefficient (Wildman–Crippen LogP) is 3.53. The number of nitrogens with zero attached hydrogens (tertiary/aromatic N) is 1. The van der Waals surface area contributed by atoms with Crippen molar-refractivity contribution >= 4 is 34.8 Å². The number of rotatable bonds is 6. The third-order valence-electron chi connectivity index (χ3n) is 4.28. The summed E-state index contributed by atoms with van der Waals surface area (Å²) in [6, 6.07) is 14.8. The van der Waals surface area contributed by atoms with Crippen LogP contribution in [0.4, 0.5) is 5.69 Å². The van der Waals surface area contributed by atoms with Gasteiger partial charge in [0, 0.05) is 24.3 Å². The van der Waals surface area contributed by atoms with Gasteiger partial charge in [0.1, 0.15) is 0 Å². The van der Waals surface area contributed by atoms with Gasteiger partial charge in [-0.2, -0.15) is 0 Å². The highest BCUT2D eigenvalue weighted by atomic mass is 32.1. The number of amides is 2. The Labute approximate surface area is 165 Å². The lowest BCUT2D eigenvalue weighted by Gasteiger charge is -2.19. The first-order valence-electron chi connectivity index (χ1n) is 8.99. The molecule has 2 aromatic rings. The smallest absolute Gasteiger partial charge is 0.253 e. The molecule has 0 aliphatic rings. The Morgan fingerprint density at radius 1 is 1.04 bits per heavy atom. The van der Waals surface area contributed by atoms with Crippen molar-refractivity contribution in [2.75, 3.05) is 18.4 Å². The fourth-order valence-electron chi connectivity index (χ4n) is 2.74. The molecule has 0 radical (unpaired) electrons. The van der Waals surface area contributed by atoms with Crippen molar-refractivity contribution in [1.82, 2.24) is 10.2 Å². The second kappa shape index (κ2) is 9.83. The molecule has 2 rings (SSSR count). The highest BCUT2D eigenvalue weighted by molar-refractivity contribution is 7.80. The third kappa shape index (κ3) is 5.89. The monoisotopic (exact) mass is 383 g/mol. The molecule has 0 unspecified atom stereocenters. The van der Waals surface area contributed by atoms with Crippen molar-refractivity contribution in [1.29, 1.82) is 0 Å². The van der Waals surface area contributed by atoms with Gasteiger partial charge in [-0.15, -0.1) is 0 Å². The second-order valence-corrected chi connectivity index (χ2v) is 6.57. The van der Waals surface area contributed by atoms with E-state index in [2.05, 4.69) is 10.6 Å². The van der Waals surface area contributed by atoms with E-state index < -0.39 is 0 Å². The number of thiocarbonyl (C=S) groups is 1. The van der Waals surface area contributed by atoms with Gasteiger partial charge in [-0.25, -0.2) is 0 Å². The van der Waals surface area contributed by atoms with Gasteiger partial charge in [-0.1, -0.05) is 30.3 Å². The van der Waals surface area contributed by atoms with Gasteiger partial charge >= 0.3 is 0 Å². The molecule has 2 aromatic carbocycles. The average Bonchev–Trinajstić information content (AvgIpc) is 2.64. The van der Waals surface area contributed by atoms with Crippen LogP contribution in [0.25, 0.3) is 0 Å². The molecule has 0 atom stereocenters. The molecule has 0 saturated heterocycles. The molecular formula is C21H25N3O2S. The van der Waals surface area contributed by atoms with E-state index in [0.29, 0.717) is 24.3 Å². The Hall–Kier alpha value is -2.73. The zero-order valence-corrected chi connectivity index (χ0v) is 16.7. The lowest BCUT2D eigenvalue weighted by Crippen LogP contribution is -2.35. The first kappa shape index (κ1) is 20.6. The fourth-order valence-corrected chi connectivity index (χ4v) is 2.97. The van der Waals surface area contributed by atoms with Crippen molar-refractivity contribution in [2.45, 2.75) is 27.2 Å². The summed E-state index contributed by atoms with van der Waals surface area (Å²) in [4.78, 5) is 26.4. The number of carbonyl (C=O) groups is 2. The van der Waals surface area contributed by atoms with Gasteiger partial charge in [0.15, 0.2) is 5.11 Å². The number of hydrogen-bond acceptors (Lipinski definition) is 3. The minimum absolute atomic E-state index is 0.0295. The quantitative estimate of drug-likeness (QED) is 0.749. The lowest BCUT2D eigenvalue weighted by molar-refractivity contribution is -0.119. The van der Waals surface area contributed by atoms with E-state index in [1.807, 2.05) is 45.0 Å². The summed E-state index contributed by atoms with van der Waals surface area (Å²) in [5, 5.41) is 5.87. The van der Waals surface area contributed by atoms with E-state index in [9.17, 15) is 9.59 Å². The van der Waals surface area contributed by atoms with Gasteiger partial charge in [0.2, 0.25) is 5.91 Å². The van der Waals surface area contributed by atoms with Crippen LogP contribution >= 0.6 is 12.2 Å². The first-order valence-corrected chi connectivity index (χ1v) is 9.40. The van der Waals surface area contributed by atoms with Crippen molar-refractivity contribution in [3.05, 3.63) is 65.2 Å². The molecule has 6 heteroatoms. The molecule has 0 fully saturated rings. The minimum atomic E-state index is -0.183. The standard InChI is InChI=1S/C21H25N3O2S/c1-4-24(5-2)20(26)17-11-8-12-18(13-17)22-21(27)23-19(25)14-16-10-7-6-9-15(16)3/h6-13H,4-5,14H2,1-3H3,(H2,22,23,25,27). The second-order valence-electron chi connectivity index (χ2n) is 6.16. The number of nitrogens with one attached hydrogen (secondary N) is 2. The van der Waals surface area contributed by atoms with Crippen LogP contribution in [-0.4, -0.2) is 34.9 Å². The van der Waals surface area contributed by atoms with Crippen LogP contribution < -0.4 is 10.6 Å².